The molecule has 0 aliphatic rings. The number of halogens is 3. The highest BCUT2D eigenvalue weighted by molar-refractivity contribution is 5.38. The molecule has 0 aromatic carbocycles. The molecule has 1 heterocycles. The molecule has 0 aliphatic heterocycles. The van der Waals surface area contributed by atoms with Gasteiger partial charge in [0.25, 0.3) is 0 Å². The van der Waals surface area contributed by atoms with E-state index in [2.05, 4.69) is 9.97 Å². The second-order valence-corrected chi connectivity index (χ2v) is 2.77. The number of anilines is 2. The molecule has 4 nitrogen and oxygen atoms in total. The highest BCUT2D eigenvalue weighted by Crippen LogP contribution is 2.18. The minimum atomic E-state index is -4.25. The van der Waals surface area contributed by atoms with Crippen molar-refractivity contribution in [3.05, 3.63) is 12.4 Å². The lowest BCUT2D eigenvalue weighted by Crippen LogP contribution is -2.31. The molecule has 1 aromatic rings. The molecule has 2 N–H and O–H groups in total. The maximum atomic E-state index is 12.0. The lowest BCUT2D eigenvalue weighted by Gasteiger charge is -2.19. The first-order chi connectivity index (χ1) is 6.38. The molecule has 78 valence electrons. The van der Waals surface area contributed by atoms with Gasteiger partial charge in [0.2, 0.25) is 0 Å². The van der Waals surface area contributed by atoms with E-state index in [9.17, 15) is 13.2 Å². The fourth-order valence-corrected chi connectivity index (χ4v) is 0.878. The van der Waals surface area contributed by atoms with E-state index in [1.54, 1.807) is 0 Å². The summed E-state index contributed by atoms with van der Waals surface area (Å²) in [4.78, 5) is 8.29. The van der Waals surface area contributed by atoms with Crippen molar-refractivity contribution in [2.45, 2.75) is 6.18 Å². The molecule has 0 unspecified atom stereocenters. The van der Waals surface area contributed by atoms with Crippen molar-refractivity contribution in [3.8, 4) is 0 Å². The van der Waals surface area contributed by atoms with Crippen molar-refractivity contribution in [3.63, 3.8) is 0 Å². The Kier molecular flexibility index (Phi) is 2.78. The van der Waals surface area contributed by atoms with Crippen molar-refractivity contribution in [1.82, 2.24) is 9.97 Å². The second-order valence-electron chi connectivity index (χ2n) is 2.77. The predicted molar refractivity (Wildman–Crippen MR) is 45.8 cm³/mol. The summed E-state index contributed by atoms with van der Waals surface area (Å²) in [5, 5.41) is 0. The molecule has 1 rings (SSSR count). The van der Waals surface area contributed by atoms with Crippen LogP contribution in [0.25, 0.3) is 0 Å². The number of rotatable bonds is 2. The predicted octanol–water partition coefficient (Wildman–Crippen LogP) is 1.06. The molecule has 0 amide bonds. The largest absolute Gasteiger partial charge is 0.405 e. The summed E-state index contributed by atoms with van der Waals surface area (Å²) in [6.45, 7) is -1.06. The fourth-order valence-electron chi connectivity index (χ4n) is 0.878. The van der Waals surface area contributed by atoms with Crippen molar-refractivity contribution in [2.24, 2.45) is 0 Å². The summed E-state index contributed by atoms with van der Waals surface area (Å²) in [5.74, 6) is 0.311. The molecule has 7 heteroatoms. The number of nitrogen functional groups attached to an aromatic ring is 1. The average Bonchev–Trinajstić information content (AvgIpc) is 2.02. The van der Waals surface area contributed by atoms with Gasteiger partial charge in [0, 0.05) is 7.05 Å². The lowest BCUT2D eigenvalue weighted by atomic mass is 10.5. The van der Waals surface area contributed by atoms with E-state index >= 15 is 0 Å². The third kappa shape index (κ3) is 3.08. The highest BCUT2D eigenvalue weighted by Gasteiger charge is 2.29. The Morgan fingerprint density at radius 1 is 1.36 bits per heavy atom. The van der Waals surface area contributed by atoms with Crippen molar-refractivity contribution in [1.29, 1.82) is 0 Å². The molecule has 0 bridgehead atoms. The van der Waals surface area contributed by atoms with Crippen LogP contribution in [-0.2, 0) is 0 Å². The second kappa shape index (κ2) is 3.69. The first kappa shape index (κ1) is 10.6. The molecule has 0 radical (unpaired) electrons. The van der Waals surface area contributed by atoms with Crippen LogP contribution in [0.5, 0.6) is 0 Å². The number of alkyl halides is 3. The molecule has 0 atom stereocenters. The Labute approximate surface area is 78.6 Å². The summed E-state index contributed by atoms with van der Waals surface area (Å²) >= 11 is 0. The monoisotopic (exact) mass is 206 g/mol. The number of nitrogens with two attached hydrogens (primary N) is 1. The van der Waals surface area contributed by atoms with E-state index in [1.807, 2.05) is 0 Å². The molecule has 0 aliphatic carbocycles. The topological polar surface area (TPSA) is 55.0 Å². The van der Waals surface area contributed by atoms with Gasteiger partial charge in [-0.1, -0.05) is 0 Å². The maximum absolute atomic E-state index is 12.0. The van der Waals surface area contributed by atoms with Crippen LogP contribution in [0.2, 0.25) is 0 Å². The van der Waals surface area contributed by atoms with Gasteiger partial charge in [-0.05, 0) is 0 Å². The summed E-state index contributed by atoms with van der Waals surface area (Å²) < 4.78 is 35.9. The van der Waals surface area contributed by atoms with Crippen LogP contribution >= 0.6 is 0 Å². The third-order valence-corrected chi connectivity index (χ3v) is 1.47. The van der Waals surface area contributed by atoms with E-state index in [1.165, 1.54) is 19.4 Å². The van der Waals surface area contributed by atoms with Crippen LogP contribution in [0.15, 0.2) is 12.4 Å². The van der Waals surface area contributed by atoms with E-state index in [4.69, 9.17) is 5.73 Å². The normalized spacial score (nSPS) is 11.4. The zero-order valence-corrected chi connectivity index (χ0v) is 7.41. The van der Waals surface area contributed by atoms with Gasteiger partial charge in [0.05, 0.1) is 12.4 Å². The standard InChI is InChI=1S/C7H9F3N4/c1-14(4-7(8,9)10)6-3-12-5(11)2-13-6/h2-3H,4H2,1H3,(H2,11,12). The molecule has 1 aromatic heterocycles. The fraction of sp³-hybridized carbons (Fsp3) is 0.429. The van der Waals surface area contributed by atoms with Crippen molar-refractivity contribution < 1.29 is 13.2 Å². The smallest absolute Gasteiger partial charge is 0.382 e. The summed E-state index contributed by atoms with van der Waals surface area (Å²) in [5.41, 5.74) is 5.24. The maximum Gasteiger partial charge on any atom is 0.405 e. The van der Waals surface area contributed by atoms with Crippen LogP contribution < -0.4 is 10.6 Å². The van der Waals surface area contributed by atoms with Crippen LogP contribution in [0, 0.1) is 0 Å². The Hall–Kier alpha value is -1.53. The molecular weight excluding hydrogens is 197 g/mol. The minimum absolute atomic E-state index is 0.136. The van der Waals surface area contributed by atoms with E-state index < -0.39 is 12.7 Å². The first-order valence-corrected chi connectivity index (χ1v) is 3.74. The number of hydrogen-bond acceptors (Lipinski definition) is 4. The van der Waals surface area contributed by atoms with Gasteiger partial charge in [0.1, 0.15) is 18.2 Å². The van der Waals surface area contributed by atoms with E-state index in [0.717, 1.165) is 4.90 Å². The molecule has 0 saturated carbocycles. The highest BCUT2D eigenvalue weighted by atomic mass is 19.4. The van der Waals surface area contributed by atoms with Crippen LogP contribution in [-0.4, -0.2) is 29.7 Å². The molecule has 0 saturated heterocycles. The molecular formula is C7H9F3N4. The Bertz CT molecular complexity index is 295. The number of nitrogens with zero attached hydrogens (tertiary/aromatic N) is 3. The SMILES string of the molecule is CN(CC(F)(F)F)c1cnc(N)cn1. The van der Waals surface area contributed by atoms with Gasteiger partial charge in [-0.25, -0.2) is 9.97 Å². The van der Waals surface area contributed by atoms with Gasteiger partial charge in [0.15, 0.2) is 0 Å². The van der Waals surface area contributed by atoms with Gasteiger partial charge >= 0.3 is 6.18 Å². The zero-order chi connectivity index (χ0) is 10.8. The van der Waals surface area contributed by atoms with Gasteiger partial charge < -0.3 is 10.6 Å². The Morgan fingerprint density at radius 3 is 2.43 bits per heavy atom. The molecule has 0 spiro atoms. The summed E-state index contributed by atoms with van der Waals surface area (Å²) in [6.07, 6.45) is -1.85. The van der Waals surface area contributed by atoms with Gasteiger partial charge in [-0.3, -0.25) is 0 Å². The Balaban J connectivity index is 2.70. The van der Waals surface area contributed by atoms with E-state index in [0.29, 0.717) is 0 Å². The summed E-state index contributed by atoms with van der Waals surface area (Å²) in [7, 11) is 1.29. The summed E-state index contributed by atoms with van der Waals surface area (Å²) in [6, 6.07) is 0. The number of hydrogen-bond donors (Lipinski definition) is 1. The van der Waals surface area contributed by atoms with Crippen LogP contribution in [0.4, 0.5) is 24.8 Å². The third-order valence-electron chi connectivity index (χ3n) is 1.47. The molecule has 14 heavy (non-hydrogen) atoms. The first-order valence-electron chi connectivity index (χ1n) is 3.74. The van der Waals surface area contributed by atoms with Gasteiger partial charge in [-0.15, -0.1) is 0 Å². The number of aromatic nitrogens is 2. The average molecular weight is 206 g/mol. The molecule has 0 fully saturated rings. The lowest BCUT2D eigenvalue weighted by molar-refractivity contribution is -0.119. The van der Waals surface area contributed by atoms with Crippen LogP contribution in [0.3, 0.4) is 0 Å². The Morgan fingerprint density at radius 2 is 2.00 bits per heavy atom. The van der Waals surface area contributed by atoms with Crippen molar-refractivity contribution in [2.75, 3.05) is 24.2 Å². The zero-order valence-electron chi connectivity index (χ0n) is 7.41. The van der Waals surface area contributed by atoms with Crippen LogP contribution in [0.1, 0.15) is 0 Å². The van der Waals surface area contributed by atoms with Crippen molar-refractivity contribution >= 4 is 11.6 Å². The van der Waals surface area contributed by atoms with Gasteiger partial charge in [-0.2, -0.15) is 13.2 Å². The minimum Gasteiger partial charge on any atom is -0.382 e. The quantitative estimate of drug-likeness (QED) is 0.786. The van der Waals surface area contributed by atoms with E-state index in [-0.39, 0.29) is 11.6 Å².